The van der Waals surface area contributed by atoms with E-state index in [0.29, 0.717) is 23.4 Å². The van der Waals surface area contributed by atoms with Gasteiger partial charge >= 0.3 is 5.97 Å². The first kappa shape index (κ1) is 20.6. The Morgan fingerprint density at radius 1 is 1.37 bits per heavy atom. The van der Waals surface area contributed by atoms with Crippen molar-refractivity contribution in [2.45, 2.75) is 32.2 Å². The van der Waals surface area contributed by atoms with Gasteiger partial charge in [0.2, 0.25) is 0 Å². The Morgan fingerprint density at radius 2 is 2.11 bits per heavy atom. The molecule has 2 atom stereocenters. The maximum absolute atomic E-state index is 13.7. The lowest BCUT2D eigenvalue weighted by atomic mass is 9.79. The molecule has 1 heterocycles. The summed E-state index contributed by atoms with van der Waals surface area (Å²) in [6.07, 6.45) is 0.664. The number of aliphatic imine (C=N–C) groups is 1. The number of hydrogen-bond acceptors (Lipinski definition) is 5. The molecule has 0 fully saturated rings. The lowest BCUT2D eigenvalue weighted by Gasteiger charge is -2.27. The Morgan fingerprint density at radius 3 is 2.70 bits per heavy atom. The quantitative estimate of drug-likeness (QED) is 0.541. The van der Waals surface area contributed by atoms with E-state index in [1.165, 1.54) is 32.4 Å². The summed E-state index contributed by atoms with van der Waals surface area (Å²) in [7, 11) is 2.92. The summed E-state index contributed by atoms with van der Waals surface area (Å²) >= 11 is 0. The number of esters is 1. The van der Waals surface area contributed by atoms with Crippen LogP contribution < -0.4 is 4.74 Å². The summed E-state index contributed by atoms with van der Waals surface area (Å²) < 4.78 is 29.6. The van der Waals surface area contributed by atoms with Crippen molar-refractivity contribution >= 4 is 11.7 Å². The lowest BCUT2D eigenvalue weighted by Crippen LogP contribution is -2.33. The maximum atomic E-state index is 13.7. The predicted molar refractivity (Wildman–Crippen MR) is 99.3 cm³/mol. The van der Waals surface area contributed by atoms with E-state index in [1.807, 2.05) is 6.92 Å². The van der Waals surface area contributed by atoms with Gasteiger partial charge in [0, 0.05) is 18.7 Å². The molecule has 0 saturated carbocycles. The van der Waals surface area contributed by atoms with Crippen molar-refractivity contribution in [1.29, 1.82) is 0 Å². The van der Waals surface area contributed by atoms with Crippen LogP contribution in [0.1, 0.15) is 31.7 Å². The zero-order chi connectivity index (χ0) is 20.0. The fourth-order valence-electron chi connectivity index (χ4n) is 3.12. The number of halogens is 1. The Kier molecular flexibility index (Phi) is 7.08. The maximum Gasteiger partial charge on any atom is 0.336 e. The smallest absolute Gasteiger partial charge is 0.336 e. The summed E-state index contributed by atoms with van der Waals surface area (Å²) in [5.41, 5.74) is 1.75. The molecule has 144 valence electrons. The number of rotatable bonds is 7. The van der Waals surface area contributed by atoms with Gasteiger partial charge in [-0.3, -0.25) is 4.99 Å². The van der Waals surface area contributed by atoms with E-state index in [2.05, 4.69) is 9.84 Å². The molecule has 1 aromatic rings. The van der Waals surface area contributed by atoms with E-state index in [0.717, 1.165) is 0 Å². The topological polar surface area (TPSA) is 61.5 Å². The molecule has 0 amide bonds. The van der Waals surface area contributed by atoms with Crippen LogP contribution in [-0.2, 0) is 14.3 Å². The van der Waals surface area contributed by atoms with Crippen molar-refractivity contribution in [3.8, 4) is 5.75 Å². The van der Waals surface area contributed by atoms with Crippen LogP contribution in [0.2, 0.25) is 0 Å². The van der Waals surface area contributed by atoms with Gasteiger partial charge in [-0.2, -0.15) is 0 Å². The fourth-order valence-corrected chi connectivity index (χ4v) is 3.12. The molecule has 1 aliphatic rings. The average Bonchev–Trinajstić information content (AvgIpc) is 2.65. The molecule has 1 aliphatic heterocycles. The van der Waals surface area contributed by atoms with Gasteiger partial charge in [0.1, 0.15) is 17.5 Å². The summed E-state index contributed by atoms with van der Waals surface area (Å²) in [5, 5.41) is 0. The first-order valence-corrected chi connectivity index (χ1v) is 8.62. The normalized spacial score (nSPS) is 19.3. The second-order valence-corrected chi connectivity index (χ2v) is 6.12. The fraction of sp³-hybridized carbons (Fsp3) is 0.450. The summed E-state index contributed by atoms with van der Waals surface area (Å²) in [6.45, 7) is 11.6. The van der Waals surface area contributed by atoms with Gasteiger partial charge in [-0.05, 0) is 19.4 Å². The minimum absolute atomic E-state index is 0.0959. The summed E-state index contributed by atoms with van der Waals surface area (Å²) in [6, 6.07) is 3.33. The second-order valence-electron chi connectivity index (χ2n) is 6.12. The molecule has 7 heteroatoms. The molecule has 0 radical (unpaired) electrons. The first-order chi connectivity index (χ1) is 13.0. The molecule has 0 N–H and O–H groups in total. The average molecular weight is 374 g/mol. The van der Waals surface area contributed by atoms with E-state index in [9.17, 15) is 9.18 Å². The third kappa shape index (κ3) is 4.34. The van der Waals surface area contributed by atoms with Crippen LogP contribution in [-0.4, -0.2) is 45.2 Å². The molecule has 2 unspecified atom stereocenters. The van der Waals surface area contributed by atoms with E-state index < -0.39 is 23.7 Å². The molecule has 0 spiro atoms. The molecule has 0 aromatic heterocycles. The molecule has 1 aromatic carbocycles. The molecular formula is C20H23FN2O4. The number of ether oxygens (including phenoxy) is 3. The Balaban J connectivity index is 2.69. The van der Waals surface area contributed by atoms with Gasteiger partial charge in [-0.15, -0.1) is 0 Å². The standard InChI is InChI=1S/C20H23FN2O4/c1-6-9-27-20(24)18-15(11-25-4)23-12(2)19(22-3)17(18)14-8-7-13(21)10-16(14)26-5/h7-8,10,17,19H,6,9,11H2,1-2,4-5H3. The van der Waals surface area contributed by atoms with Gasteiger partial charge in [0.25, 0.3) is 6.04 Å². The Hall–Kier alpha value is -2.72. The third-order valence-electron chi connectivity index (χ3n) is 4.28. The molecule has 0 saturated heterocycles. The van der Waals surface area contributed by atoms with Crippen LogP contribution >= 0.6 is 0 Å². The van der Waals surface area contributed by atoms with E-state index in [1.54, 1.807) is 6.92 Å². The van der Waals surface area contributed by atoms with Crippen LogP contribution in [0.4, 0.5) is 4.39 Å². The SMILES string of the molecule is [C-]#[N+]C1C(C)=NC(COC)=C(C(=O)OCCC)C1c1ccc(F)cc1OC. The lowest BCUT2D eigenvalue weighted by molar-refractivity contribution is -0.139. The highest BCUT2D eigenvalue weighted by Crippen LogP contribution is 2.41. The van der Waals surface area contributed by atoms with Crippen molar-refractivity contribution in [2.24, 2.45) is 4.99 Å². The Labute approximate surface area is 158 Å². The molecule has 6 nitrogen and oxygen atoms in total. The summed E-state index contributed by atoms with van der Waals surface area (Å²) in [5.74, 6) is -1.44. The third-order valence-corrected chi connectivity index (χ3v) is 4.28. The van der Waals surface area contributed by atoms with Crippen molar-refractivity contribution in [1.82, 2.24) is 0 Å². The van der Waals surface area contributed by atoms with Crippen LogP contribution in [0.15, 0.2) is 34.5 Å². The van der Waals surface area contributed by atoms with Gasteiger partial charge in [0.05, 0.1) is 37.3 Å². The second kappa shape index (κ2) is 9.28. The summed E-state index contributed by atoms with van der Waals surface area (Å²) in [4.78, 5) is 20.9. The minimum atomic E-state index is -0.728. The Bertz CT molecular complexity index is 811. The van der Waals surface area contributed by atoms with Crippen molar-refractivity contribution in [3.63, 3.8) is 0 Å². The number of hydrogen-bond donors (Lipinski definition) is 0. The highest BCUT2D eigenvalue weighted by molar-refractivity contribution is 6.00. The van der Waals surface area contributed by atoms with E-state index in [4.69, 9.17) is 20.8 Å². The van der Waals surface area contributed by atoms with Crippen LogP contribution in [0.3, 0.4) is 0 Å². The number of carbonyl (C=O) groups is 1. The van der Waals surface area contributed by atoms with E-state index in [-0.39, 0.29) is 24.5 Å². The van der Waals surface area contributed by atoms with Crippen LogP contribution in [0, 0.1) is 12.4 Å². The highest BCUT2D eigenvalue weighted by atomic mass is 19.1. The van der Waals surface area contributed by atoms with E-state index >= 15 is 0 Å². The minimum Gasteiger partial charge on any atom is -0.496 e. The van der Waals surface area contributed by atoms with Gasteiger partial charge in [-0.1, -0.05) is 13.0 Å². The first-order valence-electron chi connectivity index (χ1n) is 8.62. The van der Waals surface area contributed by atoms with Crippen molar-refractivity contribution in [2.75, 3.05) is 27.4 Å². The van der Waals surface area contributed by atoms with Crippen LogP contribution in [0.25, 0.3) is 4.85 Å². The van der Waals surface area contributed by atoms with Crippen molar-refractivity contribution in [3.05, 3.63) is 52.3 Å². The largest absolute Gasteiger partial charge is 0.496 e. The highest BCUT2D eigenvalue weighted by Gasteiger charge is 2.44. The number of benzene rings is 1. The number of carbonyl (C=O) groups excluding carboxylic acids is 1. The zero-order valence-corrected chi connectivity index (χ0v) is 15.9. The monoisotopic (exact) mass is 374 g/mol. The molecule has 0 aliphatic carbocycles. The molecule has 0 bridgehead atoms. The number of nitrogens with zero attached hydrogens (tertiary/aromatic N) is 2. The molecule has 2 rings (SSSR count). The molecular weight excluding hydrogens is 351 g/mol. The van der Waals surface area contributed by atoms with Crippen molar-refractivity contribution < 1.29 is 23.4 Å². The zero-order valence-electron chi connectivity index (χ0n) is 15.9. The van der Waals surface area contributed by atoms with Gasteiger partial charge in [-0.25, -0.2) is 15.8 Å². The van der Waals surface area contributed by atoms with Gasteiger partial charge in [0.15, 0.2) is 0 Å². The van der Waals surface area contributed by atoms with Gasteiger partial charge < -0.3 is 19.1 Å². The predicted octanol–water partition coefficient (Wildman–Crippen LogP) is 3.53. The number of methoxy groups -OCH3 is 2. The van der Waals surface area contributed by atoms with Crippen LogP contribution in [0.5, 0.6) is 5.75 Å². The molecule has 27 heavy (non-hydrogen) atoms.